The minimum atomic E-state index is 0.474. The van der Waals surface area contributed by atoms with Crippen LogP contribution in [0.4, 0.5) is 11.4 Å². The summed E-state index contributed by atoms with van der Waals surface area (Å²) >= 11 is 0. The molecule has 0 saturated heterocycles. The van der Waals surface area contributed by atoms with Crippen molar-refractivity contribution >= 4 is 17.1 Å². The lowest BCUT2D eigenvalue weighted by Crippen LogP contribution is -2.16. The number of rotatable bonds is 8. The molecule has 2 nitrogen and oxygen atoms in total. The van der Waals surface area contributed by atoms with Crippen LogP contribution in [0.25, 0.3) is 5.70 Å². The summed E-state index contributed by atoms with van der Waals surface area (Å²) in [5.41, 5.74) is 7.77. The van der Waals surface area contributed by atoms with Gasteiger partial charge in [0.05, 0.1) is 0 Å². The van der Waals surface area contributed by atoms with Gasteiger partial charge >= 0.3 is 0 Å². The summed E-state index contributed by atoms with van der Waals surface area (Å²) in [7, 11) is 0. The Hall–Kier alpha value is -2.48. The SMILES string of the molecule is C=C(Nc1ccc(NC(=C)C(C)CC2CCC(C)C2C)cc1C)c1ccc(C)cc1. The molecule has 2 N–H and O–H groups in total. The van der Waals surface area contributed by atoms with E-state index in [1.807, 2.05) is 0 Å². The van der Waals surface area contributed by atoms with Gasteiger partial charge in [-0.25, -0.2) is 0 Å². The zero-order valence-corrected chi connectivity index (χ0v) is 19.4. The van der Waals surface area contributed by atoms with E-state index in [4.69, 9.17) is 0 Å². The highest BCUT2D eigenvalue weighted by atomic mass is 14.9. The smallest absolute Gasteiger partial charge is 0.0415 e. The van der Waals surface area contributed by atoms with Gasteiger partial charge in [-0.15, -0.1) is 0 Å². The van der Waals surface area contributed by atoms with Crippen LogP contribution >= 0.6 is 0 Å². The molecule has 0 bridgehead atoms. The van der Waals surface area contributed by atoms with Crippen molar-refractivity contribution in [3.63, 3.8) is 0 Å². The molecule has 0 aliphatic heterocycles. The van der Waals surface area contributed by atoms with Gasteiger partial charge in [-0.2, -0.15) is 0 Å². The molecular formula is C28H38N2. The van der Waals surface area contributed by atoms with E-state index in [0.29, 0.717) is 5.92 Å². The Balaban J connectivity index is 1.58. The number of benzene rings is 2. The monoisotopic (exact) mass is 402 g/mol. The average Bonchev–Trinajstić information content (AvgIpc) is 3.02. The first-order valence-electron chi connectivity index (χ1n) is 11.3. The molecule has 0 heterocycles. The van der Waals surface area contributed by atoms with Gasteiger partial charge in [-0.05, 0) is 79.7 Å². The first kappa shape index (κ1) is 22.2. The van der Waals surface area contributed by atoms with E-state index in [1.54, 1.807) is 0 Å². The Kier molecular flexibility index (Phi) is 7.07. The molecule has 4 unspecified atom stereocenters. The summed E-state index contributed by atoms with van der Waals surface area (Å²) in [6, 6.07) is 14.9. The fourth-order valence-electron chi connectivity index (χ4n) is 4.58. The minimum absolute atomic E-state index is 0.474. The zero-order chi connectivity index (χ0) is 21.8. The van der Waals surface area contributed by atoms with Crippen LogP contribution in [0.15, 0.2) is 61.3 Å². The van der Waals surface area contributed by atoms with E-state index in [2.05, 4.69) is 101 Å². The van der Waals surface area contributed by atoms with Crippen molar-refractivity contribution in [3.8, 4) is 0 Å². The van der Waals surface area contributed by atoms with Gasteiger partial charge in [0.1, 0.15) is 0 Å². The molecule has 2 aromatic carbocycles. The predicted octanol–water partition coefficient (Wildman–Crippen LogP) is 8.02. The first-order chi connectivity index (χ1) is 14.2. The maximum atomic E-state index is 4.34. The minimum Gasteiger partial charge on any atom is -0.359 e. The van der Waals surface area contributed by atoms with Gasteiger partial charge in [-0.3, -0.25) is 0 Å². The Labute approximate surface area is 183 Å². The molecule has 1 aliphatic rings. The lowest BCUT2D eigenvalue weighted by atomic mass is 9.85. The van der Waals surface area contributed by atoms with Crippen LogP contribution in [0.1, 0.15) is 56.7 Å². The van der Waals surface area contributed by atoms with Crippen LogP contribution in [0.2, 0.25) is 0 Å². The van der Waals surface area contributed by atoms with Gasteiger partial charge in [-0.1, -0.05) is 70.2 Å². The summed E-state index contributed by atoms with van der Waals surface area (Å²) in [6.07, 6.45) is 3.97. The van der Waals surface area contributed by atoms with Crippen molar-refractivity contribution in [3.05, 3.63) is 78.0 Å². The Bertz CT molecular complexity index is 893. The van der Waals surface area contributed by atoms with Gasteiger partial charge in [0.15, 0.2) is 0 Å². The molecule has 2 heteroatoms. The highest BCUT2D eigenvalue weighted by Crippen LogP contribution is 2.40. The topological polar surface area (TPSA) is 24.1 Å². The van der Waals surface area contributed by atoms with Crippen LogP contribution < -0.4 is 10.6 Å². The van der Waals surface area contributed by atoms with Gasteiger partial charge in [0.2, 0.25) is 0 Å². The molecule has 1 saturated carbocycles. The van der Waals surface area contributed by atoms with E-state index in [0.717, 1.165) is 46.1 Å². The average molecular weight is 403 g/mol. The molecular weight excluding hydrogens is 364 g/mol. The normalized spacial score (nSPS) is 21.8. The predicted molar refractivity (Wildman–Crippen MR) is 133 cm³/mol. The van der Waals surface area contributed by atoms with E-state index < -0.39 is 0 Å². The van der Waals surface area contributed by atoms with Crippen molar-refractivity contribution in [2.24, 2.45) is 23.7 Å². The second-order valence-electron chi connectivity index (χ2n) is 9.46. The number of nitrogens with one attached hydrogen (secondary N) is 2. The molecule has 1 fully saturated rings. The number of hydrogen-bond donors (Lipinski definition) is 2. The molecule has 30 heavy (non-hydrogen) atoms. The summed E-state index contributed by atoms with van der Waals surface area (Å²) in [5, 5.41) is 7.02. The summed E-state index contributed by atoms with van der Waals surface area (Å²) < 4.78 is 0. The molecule has 160 valence electrons. The van der Waals surface area contributed by atoms with Crippen LogP contribution in [-0.2, 0) is 0 Å². The van der Waals surface area contributed by atoms with E-state index in [-0.39, 0.29) is 0 Å². The Morgan fingerprint density at radius 3 is 2.30 bits per heavy atom. The first-order valence-corrected chi connectivity index (χ1v) is 11.3. The molecule has 1 aliphatic carbocycles. The molecule has 0 amide bonds. The molecule has 0 spiro atoms. The van der Waals surface area contributed by atoms with Crippen molar-refractivity contribution in [1.29, 1.82) is 0 Å². The number of aryl methyl sites for hydroxylation is 2. The number of anilines is 2. The Morgan fingerprint density at radius 1 is 1.00 bits per heavy atom. The molecule has 0 aromatic heterocycles. The second-order valence-corrected chi connectivity index (χ2v) is 9.46. The van der Waals surface area contributed by atoms with Crippen molar-refractivity contribution in [2.75, 3.05) is 10.6 Å². The van der Waals surface area contributed by atoms with Gasteiger partial charge in [0.25, 0.3) is 0 Å². The molecule has 4 atom stereocenters. The highest BCUT2D eigenvalue weighted by Gasteiger charge is 2.30. The van der Waals surface area contributed by atoms with Gasteiger partial charge < -0.3 is 10.6 Å². The van der Waals surface area contributed by atoms with Crippen molar-refractivity contribution in [1.82, 2.24) is 0 Å². The fraction of sp³-hybridized carbons (Fsp3) is 0.429. The van der Waals surface area contributed by atoms with Crippen molar-refractivity contribution in [2.45, 2.75) is 53.9 Å². The summed E-state index contributed by atoms with van der Waals surface area (Å²) in [5.74, 6) is 2.99. The molecule has 3 rings (SSSR count). The molecule has 0 radical (unpaired) electrons. The third kappa shape index (κ3) is 5.36. The quantitative estimate of drug-likeness (QED) is 0.467. The van der Waals surface area contributed by atoms with Crippen LogP contribution in [-0.4, -0.2) is 0 Å². The number of hydrogen-bond acceptors (Lipinski definition) is 2. The van der Waals surface area contributed by atoms with Crippen LogP contribution in [0.5, 0.6) is 0 Å². The van der Waals surface area contributed by atoms with E-state index >= 15 is 0 Å². The van der Waals surface area contributed by atoms with E-state index in [9.17, 15) is 0 Å². The van der Waals surface area contributed by atoms with Crippen LogP contribution in [0.3, 0.4) is 0 Å². The Morgan fingerprint density at radius 2 is 1.70 bits per heavy atom. The zero-order valence-electron chi connectivity index (χ0n) is 19.4. The van der Waals surface area contributed by atoms with E-state index in [1.165, 1.54) is 30.4 Å². The largest absolute Gasteiger partial charge is 0.359 e. The summed E-state index contributed by atoms with van der Waals surface area (Å²) in [6.45, 7) is 19.9. The lowest BCUT2D eigenvalue weighted by molar-refractivity contribution is 0.314. The second kappa shape index (κ2) is 9.55. The summed E-state index contributed by atoms with van der Waals surface area (Å²) in [4.78, 5) is 0. The molecule has 2 aromatic rings. The number of allylic oxidation sites excluding steroid dienone is 1. The van der Waals surface area contributed by atoms with Gasteiger partial charge in [0, 0.05) is 22.8 Å². The third-order valence-corrected chi connectivity index (χ3v) is 7.10. The lowest BCUT2D eigenvalue weighted by Gasteiger charge is -2.24. The standard InChI is InChI=1S/C28H38N2/c1-18-8-11-25(12-9-18)24(7)30-28-15-14-27(17-21(28)4)29-23(6)20(3)16-26-13-10-19(2)22(26)5/h8-9,11-12,14-15,17,19-20,22,26,29-30H,6-7,10,13,16H2,1-5H3. The van der Waals surface area contributed by atoms with Crippen molar-refractivity contribution < 1.29 is 0 Å². The maximum absolute atomic E-state index is 4.34. The maximum Gasteiger partial charge on any atom is 0.0415 e. The highest BCUT2D eigenvalue weighted by molar-refractivity contribution is 5.77. The fourth-order valence-corrected chi connectivity index (χ4v) is 4.58. The third-order valence-electron chi connectivity index (χ3n) is 7.10. The van der Waals surface area contributed by atoms with Crippen LogP contribution in [0, 0.1) is 37.5 Å².